The van der Waals surface area contributed by atoms with Gasteiger partial charge in [-0.25, -0.2) is 4.79 Å². The molecule has 0 aromatic heterocycles. The number of amides is 3. The van der Waals surface area contributed by atoms with E-state index in [0.29, 0.717) is 12.8 Å². The van der Waals surface area contributed by atoms with Crippen molar-refractivity contribution in [2.24, 2.45) is 5.73 Å². The molecule has 160 valence electrons. The maximum Gasteiger partial charge on any atom is 0.327 e. The molecule has 28 heavy (non-hydrogen) atoms. The lowest BCUT2D eigenvalue weighted by molar-refractivity contribution is -0.146. The van der Waals surface area contributed by atoms with Gasteiger partial charge in [0.15, 0.2) is 0 Å². The number of nitrogens with one attached hydrogen (secondary N) is 2. The summed E-state index contributed by atoms with van der Waals surface area (Å²) in [5, 5.41) is 33.0. The zero-order valence-corrected chi connectivity index (χ0v) is 16.6. The minimum absolute atomic E-state index is 0.120. The third-order valence-corrected chi connectivity index (χ3v) is 4.87. The maximum atomic E-state index is 12.9. The highest BCUT2D eigenvalue weighted by atomic mass is 32.1. The predicted octanol–water partition coefficient (Wildman–Crippen LogP) is -2.95. The van der Waals surface area contributed by atoms with Crippen LogP contribution in [0.5, 0.6) is 0 Å². The Labute approximate surface area is 168 Å². The topological polar surface area (TPSA) is 182 Å². The first-order chi connectivity index (χ1) is 13.0. The summed E-state index contributed by atoms with van der Waals surface area (Å²) in [6, 6.07) is -4.80. The van der Waals surface area contributed by atoms with E-state index in [2.05, 4.69) is 23.3 Å². The Morgan fingerprint density at radius 3 is 2.25 bits per heavy atom. The summed E-state index contributed by atoms with van der Waals surface area (Å²) in [4.78, 5) is 49.6. The quantitative estimate of drug-likeness (QED) is 0.193. The minimum Gasteiger partial charge on any atom is -0.480 e. The molecule has 0 aromatic rings. The van der Waals surface area contributed by atoms with Crippen molar-refractivity contribution in [1.82, 2.24) is 15.5 Å². The van der Waals surface area contributed by atoms with Gasteiger partial charge in [-0.2, -0.15) is 12.6 Å². The molecule has 0 aromatic carbocycles. The van der Waals surface area contributed by atoms with E-state index in [4.69, 9.17) is 10.8 Å². The van der Waals surface area contributed by atoms with Crippen LogP contribution in [0.4, 0.5) is 0 Å². The van der Waals surface area contributed by atoms with E-state index in [1.165, 1.54) is 18.7 Å². The number of aliphatic hydroxyl groups is 2. The van der Waals surface area contributed by atoms with E-state index in [-0.39, 0.29) is 12.3 Å². The van der Waals surface area contributed by atoms with Crippen molar-refractivity contribution in [3.8, 4) is 0 Å². The maximum absolute atomic E-state index is 12.9. The van der Waals surface area contributed by atoms with Crippen molar-refractivity contribution in [3.63, 3.8) is 0 Å². The molecule has 0 radical (unpaired) electrons. The van der Waals surface area contributed by atoms with E-state index in [0.717, 1.165) is 0 Å². The predicted molar refractivity (Wildman–Crippen MR) is 101 cm³/mol. The van der Waals surface area contributed by atoms with Crippen LogP contribution in [0.2, 0.25) is 0 Å². The number of aliphatic hydroxyl groups excluding tert-OH is 2. The van der Waals surface area contributed by atoms with Gasteiger partial charge in [-0.15, -0.1) is 0 Å². The van der Waals surface area contributed by atoms with Crippen molar-refractivity contribution in [2.75, 3.05) is 12.3 Å². The Morgan fingerprint density at radius 2 is 1.79 bits per heavy atom. The molecule has 3 amide bonds. The lowest BCUT2D eigenvalue weighted by Gasteiger charge is -2.31. The molecule has 0 saturated carbocycles. The smallest absolute Gasteiger partial charge is 0.327 e. The number of carbonyl (C=O) groups is 4. The molecule has 0 bridgehead atoms. The van der Waals surface area contributed by atoms with Crippen LogP contribution < -0.4 is 16.4 Å². The number of carbonyl (C=O) groups excluding carboxylic acids is 3. The molecule has 11 nitrogen and oxygen atoms in total. The molecule has 6 atom stereocenters. The summed E-state index contributed by atoms with van der Waals surface area (Å²) in [5.74, 6) is -3.54. The van der Waals surface area contributed by atoms with Crippen LogP contribution >= 0.6 is 12.6 Å². The largest absolute Gasteiger partial charge is 0.480 e. The first-order valence-electron chi connectivity index (χ1n) is 8.87. The molecular weight excluding hydrogens is 392 g/mol. The number of aliphatic carboxylic acids is 1. The zero-order valence-electron chi connectivity index (χ0n) is 15.7. The number of carboxylic acids is 1. The van der Waals surface area contributed by atoms with Crippen molar-refractivity contribution in [1.29, 1.82) is 0 Å². The van der Waals surface area contributed by atoms with Crippen LogP contribution in [0.15, 0.2) is 0 Å². The molecule has 0 spiro atoms. The fourth-order valence-electron chi connectivity index (χ4n) is 2.79. The standard InChI is InChI=1S/C16H28N4O7S/c1-7(21)11(17)14(24)19-12(8(2)22)15(25)20-5-3-4-10(20)13(23)18-9(6-28)16(26)27/h7-12,21-22,28H,3-6,17H2,1-2H3,(H,18,23)(H,19,24)(H,26,27). The summed E-state index contributed by atoms with van der Waals surface area (Å²) < 4.78 is 0. The van der Waals surface area contributed by atoms with Crippen LogP contribution in [0.1, 0.15) is 26.7 Å². The van der Waals surface area contributed by atoms with Crippen molar-refractivity contribution in [2.45, 2.75) is 63.1 Å². The minimum atomic E-state index is -1.37. The molecule has 1 saturated heterocycles. The van der Waals surface area contributed by atoms with Crippen LogP contribution in [0, 0.1) is 0 Å². The van der Waals surface area contributed by atoms with Gasteiger partial charge in [-0.3, -0.25) is 14.4 Å². The van der Waals surface area contributed by atoms with Crippen LogP contribution in [0.25, 0.3) is 0 Å². The SMILES string of the molecule is CC(O)C(N)C(=O)NC(C(=O)N1CCCC1C(=O)NC(CS)C(=O)O)C(C)O. The fraction of sp³-hybridized carbons (Fsp3) is 0.750. The van der Waals surface area contributed by atoms with Gasteiger partial charge < -0.3 is 36.6 Å². The third-order valence-electron chi connectivity index (χ3n) is 4.50. The van der Waals surface area contributed by atoms with E-state index in [1.54, 1.807) is 0 Å². The Kier molecular flexibility index (Phi) is 9.14. The monoisotopic (exact) mass is 420 g/mol. The summed E-state index contributed by atoms with van der Waals surface area (Å²) in [6.45, 7) is 2.81. The average Bonchev–Trinajstić information content (AvgIpc) is 3.11. The van der Waals surface area contributed by atoms with Crippen LogP contribution in [-0.2, 0) is 19.2 Å². The average molecular weight is 420 g/mol. The number of nitrogens with two attached hydrogens (primary N) is 1. The lowest BCUT2D eigenvalue weighted by Crippen LogP contribution is -2.60. The van der Waals surface area contributed by atoms with Crippen molar-refractivity contribution < 1.29 is 34.5 Å². The number of thiol groups is 1. The van der Waals surface area contributed by atoms with E-state index >= 15 is 0 Å². The summed E-state index contributed by atoms with van der Waals surface area (Å²) in [5.41, 5.74) is 5.54. The number of hydrogen-bond donors (Lipinski definition) is 7. The molecule has 1 heterocycles. The number of likely N-dealkylation sites (tertiary alicyclic amines) is 1. The first-order valence-corrected chi connectivity index (χ1v) is 9.51. The molecule has 6 unspecified atom stereocenters. The zero-order chi connectivity index (χ0) is 21.6. The summed E-state index contributed by atoms with van der Waals surface area (Å²) in [7, 11) is 0. The van der Waals surface area contributed by atoms with Gasteiger partial charge in [0.1, 0.15) is 24.2 Å². The Hall–Kier alpha value is -1.89. The Morgan fingerprint density at radius 1 is 1.18 bits per heavy atom. The molecule has 1 rings (SSSR count). The molecular formula is C16H28N4O7S. The lowest BCUT2D eigenvalue weighted by atomic mass is 10.1. The normalized spacial score (nSPS) is 21.9. The summed E-state index contributed by atoms with van der Waals surface area (Å²) >= 11 is 3.88. The van der Waals surface area contributed by atoms with Gasteiger partial charge in [0.05, 0.1) is 12.2 Å². The molecule has 7 N–H and O–H groups in total. The third kappa shape index (κ3) is 6.06. The van der Waals surface area contributed by atoms with E-state index < -0.39 is 60.1 Å². The molecule has 1 aliphatic rings. The second-order valence-electron chi connectivity index (χ2n) is 6.76. The second kappa shape index (κ2) is 10.6. The molecule has 0 aliphatic carbocycles. The van der Waals surface area contributed by atoms with Gasteiger partial charge in [-0.1, -0.05) is 0 Å². The summed E-state index contributed by atoms with van der Waals surface area (Å²) in [6.07, 6.45) is -1.64. The van der Waals surface area contributed by atoms with Crippen molar-refractivity contribution in [3.05, 3.63) is 0 Å². The van der Waals surface area contributed by atoms with Crippen LogP contribution in [-0.4, -0.2) is 92.6 Å². The highest BCUT2D eigenvalue weighted by Gasteiger charge is 2.40. The Balaban J connectivity index is 2.91. The second-order valence-corrected chi connectivity index (χ2v) is 7.13. The molecule has 1 aliphatic heterocycles. The van der Waals surface area contributed by atoms with Gasteiger partial charge >= 0.3 is 5.97 Å². The molecule has 12 heteroatoms. The van der Waals surface area contributed by atoms with Gasteiger partial charge in [0.2, 0.25) is 17.7 Å². The highest BCUT2D eigenvalue weighted by Crippen LogP contribution is 2.19. The molecule has 1 fully saturated rings. The highest BCUT2D eigenvalue weighted by molar-refractivity contribution is 7.80. The number of nitrogens with zero attached hydrogens (tertiary/aromatic N) is 1. The van der Waals surface area contributed by atoms with Crippen LogP contribution in [0.3, 0.4) is 0 Å². The van der Waals surface area contributed by atoms with Gasteiger partial charge in [0.25, 0.3) is 0 Å². The van der Waals surface area contributed by atoms with Gasteiger partial charge in [-0.05, 0) is 26.7 Å². The number of hydrogen-bond acceptors (Lipinski definition) is 8. The van der Waals surface area contributed by atoms with E-state index in [1.807, 2.05) is 0 Å². The van der Waals surface area contributed by atoms with E-state index in [9.17, 15) is 29.4 Å². The Bertz CT molecular complexity index is 602. The van der Waals surface area contributed by atoms with Crippen molar-refractivity contribution >= 4 is 36.3 Å². The fourth-order valence-corrected chi connectivity index (χ4v) is 3.04. The number of rotatable bonds is 9. The van der Waals surface area contributed by atoms with Gasteiger partial charge in [0, 0.05) is 12.3 Å². The first kappa shape index (κ1) is 24.1. The number of carboxylic acid groups (broad SMARTS) is 1.